The van der Waals surface area contributed by atoms with Gasteiger partial charge in [-0.2, -0.15) is 0 Å². The summed E-state index contributed by atoms with van der Waals surface area (Å²) in [6.07, 6.45) is 10.5. The van der Waals surface area contributed by atoms with Crippen LogP contribution in [0.3, 0.4) is 0 Å². The van der Waals surface area contributed by atoms with Crippen molar-refractivity contribution in [3.8, 4) is 0 Å². The minimum Gasteiger partial charge on any atom is -0.339 e. The normalized spacial score (nSPS) is 25.1. The molecule has 0 aromatic heterocycles. The first kappa shape index (κ1) is 18.7. The van der Waals surface area contributed by atoms with Crippen molar-refractivity contribution < 1.29 is 9.59 Å². The Morgan fingerprint density at radius 2 is 1.52 bits per heavy atom. The van der Waals surface area contributed by atoms with Crippen molar-refractivity contribution in [1.29, 1.82) is 0 Å². The van der Waals surface area contributed by atoms with Crippen LogP contribution in [0.1, 0.15) is 73.7 Å². The number of rotatable bonds is 5. The second-order valence-corrected chi connectivity index (χ2v) is 8.56. The predicted octanol–water partition coefficient (Wildman–Crippen LogP) is 4.04. The second kappa shape index (κ2) is 8.55. The molecule has 1 aromatic carbocycles. The van der Waals surface area contributed by atoms with Crippen LogP contribution < -0.4 is 0 Å². The number of Topliss-reactive ketones (excluding diaryl/α,β-unsaturated/α-hetero) is 1. The molecule has 0 radical (unpaired) electrons. The van der Waals surface area contributed by atoms with Gasteiger partial charge in [-0.1, -0.05) is 49.9 Å². The molecule has 1 aliphatic carbocycles. The average molecular weight is 369 g/mol. The highest BCUT2D eigenvalue weighted by Gasteiger charge is 2.40. The maximum absolute atomic E-state index is 12.9. The van der Waals surface area contributed by atoms with E-state index in [-0.39, 0.29) is 11.7 Å². The Morgan fingerprint density at radius 3 is 2.22 bits per heavy atom. The first-order valence-electron chi connectivity index (χ1n) is 10.9. The van der Waals surface area contributed by atoms with Crippen molar-refractivity contribution in [3.05, 3.63) is 35.4 Å². The van der Waals surface area contributed by atoms with E-state index in [1.54, 1.807) is 0 Å². The molecule has 1 unspecified atom stereocenters. The van der Waals surface area contributed by atoms with Crippen LogP contribution in [0.5, 0.6) is 0 Å². The molecule has 2 saturated heterocycles. The smallest absolute Gasteiger partial charge is 0.233 e. The van der Waals surface area contributed by atoms with E-state index in [9.17, 15) is 9.59 Å². The topological polar surface area (TPSA) is 40.6 Å². The standard InChI is InChI=1S/C23H32N2O2/c26-22(21-13-16-25(23(21)27)20-7-3-1-4-8-20)19-11-9-18(10-12-19)17-24-14-5-2-6-15-24/h9-12,20-21H,1-8,13-17H2. The van der Waals surface area contributed by atoms with Gasteiger partial charge in [0.1, 0.15) is 5.92 Å². The fraction of sp³-hybridized carbons (Fsp3) is 0.652. The van der Waals surface area contributed by atoms with E-state index in [0.29, 0.717) is 18.0 Å². The van der Waals surface area contributed by atoms with Crippen LogP contribution in [0, 0.1) is 5.92 Å². The van der Waals surface area contributed by atoms with Gasteiger partial charge in [0.25, 0.3) is 0 Å². The number of hydrogen-bond acceptors (Lipinski definition) is 3. The van der Waals surface area contributed by atoms with Crippen LogP contribution >= 0.6 is 0 Å². The van der Waals surface area contributed by atoms with Gasteiger partial charge in [-0.3, -0.25) is 14.5 Å². The molecular formula is C23H32N2O2. The zero-order valence-electron chi connectivity index (χ0n) is 16.4. The molecule has 1 amide bonds. The van der Waals surface area contributed by atoms with E-state index >= 15 is 0 Å². The van der Waals surface area contributed by atoms with Crippen molar-refractivity contribution in [2.45, 2.75) is 70.4 Å². The summed E-state index contributed by atoms with van der Waals surface area (Å²) in [4.78, 5) is 30.3. The van der Waals surface area contributed by atoms with Gasteiger partial charge in [0.2, 0.25) is 5.91 Å². The van der Waals surface area contributed by atoms with Crippen LogP contribution in [0.2, 0.25) is 0 Å². The Kier molecular flexibility index (Phi) is 5.92. The number of carbonyl (C=O) groups excluding carboxylic acids is 2. The summed E-state index contributed by atoms with van der Waals surface area (Å²) in [7, 11) is 0. The summed E-state index contributed by atoms with van der Waals surface area (Å²) in [5.41, 5.74) is 1.95. The predicted molar refractivity (Wildman–Crippen MR) is 107 cm³/mol. The van der Waals surface area contributed by atoms with Crippen molar-refractivity contribution in [1.82, 2.24) is 9.80 Å². The fourth-order valence-corrected chi connectivity index (χ4v) is 5.05. The van der Waals surface area contributed by atoms with E-state index in [4.69, 9.17) is 0 Å². The van der Waals surface area contributed by atoms with Gasteiger partial charge < -0.3 is 4.90 Å². The quantitative estimate of drug-likeness (QED) is 0.582. The fourth-order valence-electron chi connectivity index (χ4n) is 5.05. The van der Waals surface area contributed by atoms with Crippen molar-refractivity contribution in [2.75, 3.05) is 19.6 Å². The first-order valence-corrected chi connectivity index (χ1v) is 10.9. The molecule has 4 rings (SSSR count). The van der Waals surface area contributed by atoms with Crippen molar-refractivity contribution in [3.63, 3.8) is 0 Å². The lowest BCUT2D eigenvalue weighted by molar-refractivity contribution is -0.132. The van der Waals surface area contributed by atoms with Gasteiger partial charge in [0.15, 0.2) is 5.78 Å². The largest absolute Gasteiger partial charge is 0.339 e. The number of carbonyl (C=O) groups is 2. The molecule has 1 saturated carbocycles. The molecule has 1 atom stereocenters. The lowest BCUT2D eigenvalue weighted by Gasteiger charge is -2.31. The van der Waals surface area contributed by atoms with E-state index in [1.807, 2.05) is 17.0 Å². The molecule has 2 aliphatic heterocycles. The van der Waals surface area contributed by atoms with Gasteiger partial charge in [-0.05, 0) is 50.8 Å². The minimum absolute atomic E-state index is 0.0165. The Balaban J connectivity index is 1.36. The summed E-state index contributed by atoms with van der Waals surface area (Å²) < 4.78 is 0. The molecule has 27 heavy (non-hydrogen) atoms. The molecule has 3 fully saturated rings. The zero-order valence-corrected chi connectivity index (χ0v) is 16.4. The van der Waals surface area contributed by atoms with Crippen LogP contribution in [0.4, 0.5) is 0 Å². The summed E-state index contributed by atoms with van der Waals surface area (Å²) >= 11 is 0. The number of likely N-dealkylation sites (tertiary alicyclic amines) is 2. The summed E-state index contributed by atoms with van der Waals surface area (Å²) in [6.45, 7) is 4.07. The molecule has 0 bridgehead atoms. The monoisotopic (exact) mass is 368 g/mol. The van der Waals surface area contributed by atoms with Crippen LogP contribution in [0.15, 0.2) is 24.3 Å². The van der Waals surface area contributed by atoms with Crippen LogP contribution in [-0.2, 0) is 11.3 Å². The number of benzene rings is 1. The maximum atomic E-state index is 12.9. The third-order valence-electron chi connectivity index (χ3n) is 6.67. The Morgan fingerprint density at radius 1 is 0.852 bits per heavy atom. The third-order valence-corrected chi connectivity index (χ3v) is 6.67. The average Bonchev–Trinajstić information content (AvgIpc) is 3.11. The molecule has 1 aromatic rings. The van der Waals surface area contributed by atoms with Crippen LogP contribution in [0.25, 0.3) is 0 Å². The van der Waals surface area contributed by atoms with Gasteiger partial charge in [-0.25, -0.2) is 0 Å². The second-order valence-electron chi connectivity index (χ2n) is 8.56. The van der Waals surface area contributed by atoms with Gasteiger partial charge in [0.05, 0.1) is 0 Å². The first-order chi connectivity index (χ1) is 13.2. The molecule has 4 heteroatoms. The minimum atomic E-state index is -0.458. The van der Waals surface area contributed by atoms with Crippen LogP contribution in [-0.4, -0.2) is 47.2 Å². The highest BCUT2D eigenvalue weighted by atomic mass is 16.2. The van der Waals surface area contributed by atoms with Gasteiger partial charge >= 0.3 is 0 Å². The summed E-state index contributed by atoms with van der Waals surface area (Å²) in [5, 5.41) is 0. The highest BCUT2D eigenvalue weighted by Crippen LogP contribution is 2.30. The number of amides is 1. The van der Waals surface area contributed by atoms with Crippen molar-refractivity contribution >= 4 is 11.7 Å². The van der Waals surface area contributed by atoms with Gasteiger partial charge in [0, 0.05) is 24.7 Å². The van der Waals surface area contributed by atoms with E-state index < -0.39 is 5.92 Å². The lowest BCUT2D eigenvalue weighted by Crippen LogP contribution is -2.39. The number of ketones is 1. The lowest BCUT2D eigenvalue weighted by atomic mass is 9.93. The van der Waals surface area contributed by atoms with E-state index in [2.05, 4.69) is 17.0 Å². The zero-order chi connectivity index (χ0) is 18.6. The highest BCUT2D eigenvalue weighted by molar-refractivity contribution is 6.11. The number of nitrogens with zero attached hydrogens (tertiary/aromatic N) is 2. The Labute approximate surface area is 162 Å². The van der Waals surface area contributed by atoms with Gasteiger partial charge in [-0.15, -0.1) is 0 Å². The summed E-state index contributed by atoms with van der Waals surface area (Å²) in [6, 6.07) is 8.37. The number of hydrogen-bond donors (Lipinski definition) is 0. The molecule has 2 heterocycles. The molecule has 4 nitrogen and oxygen atoms in total. The Bertz CT molecular complexity index is 657. The van der Waals surface area contributed by atoms with E-state index in [0.717, 1.165) is 25.9 Å². The molecule has 0 spiro atoms. The summed E-state index contributed by atoms with van der Waals surface area (Å²) in [5.74, 6) is -0.369. The molecular weight excluding hydrogens is 336 g/mol. The Hall–Kier alpha value is -1.68. The molecule has 3 aliphatic rings. The third kappa shape index (κ3) is 4.26. The van der Waals surface area contributed by atoms with Crippen molar-refractivity contribution in [2.24, 2.45) is 5.92 Å². The SMILES string of the molecule is O=C(c1ccc(CN2CCCCC2)cc1)C1CCN(C2CCCCC2)C1=O. The molecule has 146 valence electrons. The number of piperidine rings is 1. The maximum Gasteiger partial charge on any atom is 0.233 e. The molecule has 0 N–H and O–H groups in total. The van der Waals surface area contributed by atoms with E-state index in [1.165, 1.54) is 57.2 Å².